The Kier molecular flexibility index (Phi) is 7.05. The first-order chi connectivity index (χ1) is 13.0. The molecule has 2 aromatic rings. The predicted octanol–water partition coefficient (Wildman–Crippen LogP) is 2.86. The highest BCUT2D eigenvalue weighted by Gasteiger charge is 2.12. The topological polar surface area (TPSA) is 78.4 Å². The second kappa shape index (κ2) is 9.47. The van der Waals surface area contributed by atoms with E-state index in [9.17, 15) is 4.79 Å². The van der Waals surface area contributed by atoms with Gasteiger partial charge in [0.2, 0.25) is 0 Å². The van der Waals surface area contributed by atoms with Crippen LogP contribution in [0.4, 0.5) is 0 Å². The van der Waals surface area contributed by atoms with Gasteiger partial charge in [-0.05, 0) is 31.0 Å². The van der Waals surface area contributed by atoms with Crippen molar-refractivity contribution in [2.45, 2.75) is 13.8 Å². The molecular weight excluding hydrogens is 348 g/mol. The first-order valence-corrected chi connectivity index (χ1v) is 8.30. The van der Waals surface area contributed by atoms with Crippen LogP contribution < -0.4 is 24.4 Å². The molecule has 144 valence electrons. The summed E-state index contributed by atoms with van der Waals surface area (Å²) in [6, 6.07) is 9.23. The van der Waals surface area contributed by atoms with Gasteiger partial charge in [0.15, 0.2) is 6.61 Å². The van der Waals surface area contributed by atoms with E-state index < -0.39 is 0 Å². The van der Waals surface area contributed by atoms with E-state index in [1.54, 1.807) is 19.2 Å². The van der Waals surface area contributed by atoms with Crippen LogP contribution >= 0.6 is 0 Å². The Morgan fingerprint density at radius 3 is 2.26 bits per heavy atom. The zero-order chi connectivity index (χ0) is 19.8. The third-order valence-corrected chi connectivity index (χ3v) is 3.84. The number of carbonyl (C=O) groups excluding carboxylic acids is 1. The standard InChI is InChI=1S/C20H24N2O5/c1-13-6-7-14(2)17(8-13)27-12-20(23)22-21-11-16-18(25-4)9-15(24-3)10-19(16)26-5/h6-11H,12H2,1-5H3,(H,22,23)/b21-11+. The molecule has 0 spiro atoms. The summed E-state index contributed by atoms with van der Waals surface area (Å²) < 4.78 is 21.4. The lowest BCUT2D eigenvalue weighted by Crippen LogP contribution is -2.24. The molecule has 27 heavy (non-hydrogen) atoms. The zero-order valence-corrected chi connectivity index (χ0v) is 16.2. The van der Waals surface area contributed by atoms with E-state index in [0.717, 1.165) is 11.1 Å². The molecule has 0 bridgehead atoms. The molecule has 0 atom stereocenters. The van der Waals surface area contributed by atoms with Gasteiger partial charge in [0, 0.05) is 12.1 Å². The Balaban J connectivity index is 2.02. The second-order valence-corrected chi connectivity index (χ2v) is 5.80. The number of hydrazone groups is 1. The Morgan fingerprint density at radius 1 is 1.00 bits per heavy atom. The number of rotatable bonds is 8. The maximum atomic E-state index is 12.0. The van der Waals surface area contributed by atoms with E-state index in [4.69, 9.17) is 18.9 Å². The summed E-state index contributed by atoms with van der Waals surface area (Å²) in [4.78, 5) is 12.0. The minimum atomic E-state index is -0.376. The van der Waals surface area contributed by atoms with Crippen molar-refractivity contribution in [3.63, 3.8) is 0 Å². The normalized spacial score (nSPS) is 10.6. The number of benzene rings is 2. The van der Waals surface area contributed by atoms with E-state index in [-0.39, 0.29) is 12.5 Å². The van der Waals surface area contributed by atoms with E-state index in [1.165, 1.54) is 20.4 Å². The van der Waals surface area contributed by atoms with Crippen LogP contribution in [0, 0.1) is 13.8 Å². The Hall–Kier alpha value is -3.22. The van der Waals surface area contributed by atoms with Crippen molar-refractivity contribution in [2.24, 2.45) is 5.10 Å². The molecule has 1 amide bonds. The minimum Gasteiger partial charge on any atom is -0.496 e. The molecule has 0 aliphatic rings. The first-order valence-electron chi connectivity index (χ1n) is 8.30. The fraction of sp³-hybridized carbons (Fsp3) is 0.300. The minimum absolute atomic E-state index is 0.140. The van der Waals surface area contributed by atoms with Gasteiger partial charge in [-0.2, -0.15) is 5.10 Å². The summed E-state index contributed by atoms with van der Waals surface area (Å²) in [5.41, 5.74) is 5.04. The predicted molar refractivity (Wildman–Crippen MR) is 103 cm³/mol. The SMILES string of the molecule is COc1cc(OC)c(/C=N/NC(=O)COc2cc(C)ccc2C)c(OC)c1. The van der Waals surface area contributed by atoms with Crippen LogP contribution in [0.1, 0.15) is 16.7 Å². The first kappa shape index (κ1) is 20.1. The molecular formula is C20H24N2O5. The van der Waals surface area contributed by atoms with Crippen LogP contribution in [-0.2, 0) is 4.79 Å². The largest absolute Gasteiger partial charge is 0.496 e. The number of ether oxygens (including phenoxy) is 4. The molecule has 0 saturated carbocycles. The van der Waals surface area contributed by atoms with Crippen LogP contribution in [0.15, 0.2) is 35.4 Å². The zero-order valence-electron chi connectivity index (χ0n) is 16.2. The number of hydrogen-bond acceptors (Lipinski definition) is 6. The third kappa shape index (κ3) is 5.37. The number of nitrogens with one attached hydrogen (secondary N) is 1. The van der Waals surface area contributed by atoms with Crippen LogP contribution in [0.3, 0.4) is 0 Å². The monoisotopic (exact) mass is 372 g/mol. The maximum absolute atomic E-state index is 12.0. The molecule has 0 aliphatic carbocycles. The Labute approximate surface area is 158 Å². The quantitative estimate of drug-likeness (QED) is 0.569. The van der Waals surface area contributed by atoms with E-state index in [0.29, 0.717) is 28.6 Å². The van der Waals surface area contributed by atoms with Crippen LogP contribution in [0.2, 0.25) is 0 Å². The molecule has 1 N–H and O–H groups in total. The van der Waals surface area contributed by atoms with Crippen molar-refractivity contribution in [3.05, 3.63) is 47.0 Å². The van der Waals surface area contributed by atoms with Gasteiger partial charge in [-0.1, -0.05) is 12.1 Å². The van der Waals surface area contributed by atoms with E-state index in [1.807, 2.05) is 32.0 Å². The number of aryl methyl sites for hydroxylation is 2. The molecule has 2 aromatic carbocycles. The number of hydrogen-bond donors (Lipinski definition) is 1. The highest BCUT2D eigenvalue weighted by Crippen LogP contribution is 2.32. The van der Waals surface area contributed by atoms with E-state index in [2.05, 4.69) is 10.5 Å². The number of carbonyl (C=O) groups is 1. The second-order valence-electron chi connectivity index (χ2n) is 5.80. The van der Waals surface area contributed by atoms with Gasteiger partial charge >= 0.3 is 0 Å². The van der Waals surface area contributed by atoms with Gasteiger partial charge in [0.25, 0.3) is 5.91 Å². The van der Waals surface area contributed by atoms with Gasteiger partial charge in [0.05, 0.1) is 33.1 Å². The molecule has 7 heteroatoms. The Morgan fingerprint density at radius 2 is 1.67 bits per heavy atom. The molecule has 0 fully saturated rings. The summed E-state index contributed by atoms with van der Waals surface area (Å²) in [5.74, 6) is 1.91. The summed E-state index contributed by atoms with van der Waals surface area (Å²) in [7, 11) is 4.61. The molecule has 0 radical (unpaired) electrons. The lowest BCUT2D eigenvalue weighted by molar-refractivity contribution is -0.123. The molecule has 0 aliphatic heterocycles. The molecule has 2 rings (SSSR count). The van der Waals surface area contributed by atoms with Crippen molar-refractivity contribution in [1.29, 1.82) is 0 Å². The van der Waals surface area contributed by atoms with E-state index >= 15 is 0 Å². The fourth-order valence-electron chi connectivity index (χ4n) is 2.37. The summed E-state index contributed by atoms with van der Waals surface area (Å²) in [6.07, 6.45) is 1.45. The van der Waals surface area contributed by atoms with Crippen molar-refractivity contribution >= 4 is 12.1 Å². The smallest absolute Gasteiger partial charge is 0.277 e. The highest BCUT2D eigenvalue weighted by atomic mass is 16.5. The number of amides is 1. The van der Waals surface area contributed by atoms with Crippen LogP contribution in [-0.4, -0.2) is 40.1 Å². The van der Waals surface area contributed by atoms with Crippen LogP contribution in [0.25, 0.3) is 0 Å². The van der Waals surface area contributed by atoms with Gasteiger partial charge in [0.1, 0.15) is 23.0 Å². The van der Waals surface area contributed by atoms with Gasteiger partial charge < -0.3 is 18.9 Å². The third-order valence-electron chi connectivity index (χ3n) is 3.84. The lowest BCUT2D eigenvalue weighted by atomic mass is 10.1. The van der Waals surface area contributed by atoms with Crippen molar-refractivity contribution in [1.82, 2.24) is 5.43 Å². The summed E-state index contributed by atoms with van der Waals surface area (Å²) in [5, 5.41) is 3.96. The molecule has 0 saturated heterocycles. The van der Waals surface area contributed by atoms with Crippen molar-refractivity contribution in [3.8, 4) is 23.0 Å². The molecule has 0 unspecified atom stereocenters. The highest BCUT2D eigenvalue weighted by molar-refractivity contribution is 5.89. The van der Waals surface area contributed by atoms with Gasteiger partial charge in [-0.15, -0.1) is 0 Å². The van der Waals surface area contributed by atoms with Crippen molar-refractivity contribution in [2.75, 3.05) is 27.9 Å². The maximum Gasteiger partial charge on any atom is 0.277 e. The molecule has 7 nitrogen and oxygen atoms in total. The van der Waals surface area contributed by atoms with Gasteiger partial charge in [-0.25, -0.2) is 5.43 Å². The van der Waals surface area contributed by atoms with Crippen molar-refractivity contribution < 1.29 is 23.7 Å². The Bertz CT molecular complexity index is 808. The summed E-state index contributed by atoms with van der Waals surface area (Å²) in [6.45, 7) is 3.75. The molecule has 0 aromatic heterocycles. The average Bonchev–Trinajstić information content (AvgIpc) is 2.68. The van der Waals surface area contributed by atoms with Gasteiger partial charge in [-0.3, -0.25) is 4.79 Å². The number of nitrogens with zero attached hydrogens (tertiary/aromatic N) is 1. The average molecular weight is 372 g/mol. The molecule has 0 heterocycles. The summed E-state index contributed by atoms with van der Waals surface area (Å²) >= 11 is 0. The fourth-order valence-corrected chi connectivity index (χ4v) is 2.37. The number of methoxy groups -OCH3 is 3. The van der Waals surface area contributed by atoms with Crippen LogP contribution in [0.5, 0.6) is 23.0 Å². The lowest BCUT2D eigenvalue weighted by Gasteiger charge is -2.12.